The van der Waals surface area contributed by atoms with Gasteiger partial charge in [0.05, 0.1) is 6.20 Å². The molecular formula is C24H32N8OS. The number of hydrogen-bond acceptors (Lipinski definition) is 9. The van der Waals surface area contributed by atoms with Crippen molar-refractivity contribution in [1.82, 2.24) is 25.3 Å². The van der Waals surface area contributed by atoms with Gasteiger partial charge in [0.25, 0.3) is 5.91 Å². The molecule has 3 aromatic rings. The summed E-state index contributed by atoms with van der Waals surface area (Å²) in [6, 6.07) is 6.04. The Morgan fingerprint density at radius 2 is 2.00 bits per heavy atom. The first-order valence-electron chi connectivity index (χ1n) is 11.8. The molecule has 0 spiro atoms. The predicted molar refractivity (Wildman–Crippen MR) is 137 cm³/mol. The van der Waals surface area contributed by atoms with Crippen LogP contribution in [-0.4, -0.2) is 52.0 Å². The van der Waals surface area contributed by atoms with Crippen molar-refractivity contribution in [2.24, 2.45) is 5.92 Å². The SMILES string of the molecule is CCc1cccc(C)c1NC(=O)c1cnc(Nc2nc(CC(C)C)nc(N3CCNCC3)n2)s1. The fraction of sp³-hybridized carbons (Fsp3) is 0.458. The van der Waals surface area contributed by atoms with E-state index in [-0.39, 0.29) is 5.91 Å². The molecule has 1 saturated heterocycles. The fourth-order valence-electron chi connectivity index (χ4n) is 3.84. The molecule has 0 bridgehead atoms. The average molecular weight is 481 g/mol. The molecule has 4 rings (SSSR count). The van der Waals surface area contributed by atoms with Gasteiger partial charge in [0.1, 0.15) is 10.7 Å². The van der Waals surface area contributed by atoms with Crippen LogP contribution in [0.2, 0.25) is 0 Å². The summed E-state index contributed by atoms with van der Waals surface area (Å²) >= 11 is 1.28. The number of aryl methyl sites for hydroxylation is 2. The Hall–Kier alpha value is -3.11. The lowest BCUT2D eigenvalue weighted by Gasteiger charge is -2.27. The van der Waals surface area contributed by atoms with Gasteiger partial charge in [0.2, 0.25) is 11.9 Å². The number of carbonyl (C=O) groups excluding carboxylic acids is 1. The highest BCUT2D eigenvalue weighted by Gasteiger charge is 2.18. The van der Waals surface area contributed by atoms with E-state index in [0.717, 1.165) is 61.7 Å². The Bertz CT molecular complexity index is 1140. The van der Waals surface area contributed by atoms with Gasteiger partial charge in [-0.1, -0.05) is 50.3 Å². The molecule has 0 radical (unpaired) electrons. The lowest BCUT2D eigenvalue weighted by atomic mass is 10.1. The predicted octanol–water partition coefficient (Wildman–Crippen LogP) is 3.80. The van der Waals surface area contributed by atoms with Gasteiger partial charge in [-0.3, -0.25) is 10.1 Å². The molecule has 9 nitrogen and oxygen atoms in total. The van der Waals surface area contributed by atoms with Crippen molar-refractivity contribution in [3.05, 3.63) is 46.2 Å². The van der Waals surface area contributed by atoms with Crippen molar-refractivity contribution in [3.8, 4) is 0 Å². The zero-order valence-electron chi connectivity index (χ0n) is 20.2. The maximum absolute atomic E-state index is 12.9. The maximum Gasteiger partial charge on any atom is 0.267 e. The minimum atomic E-state index is -0.174. The van der Waals surface area contributed by atoms with Crippen molar-refractivity contribution in [3.63, 3.8) is 0 Å². The maximum atomic E-state index is 12.9. The Labute approximate surface area is 204 Å². The number of anilines is 4. The smallest absolute Gasteiger partial charge is 0.267 e. The zero-order valence-corrected chi connectivity index (χ0v) is 21.0. The highest BCUT2D eigenvalue weighted by Crippen LogP contribution is 2.26. The minimum absolute atomic E-state index is 0.174. The summed E-state index contributed by atoms with van der Waals surface area (Å²) in [7, 11) is 0. The molecule has 34 heavy (non-hydrogen) atoms. The molecule has 180 valence electrons. The number of rotatable bonds is 8. The first-order valence-corrected chi connectivity index (χ1v) is 12.6. The van der Waals surface area contributed by atoms with Crippen LogP contribution in [0.15, 0.2) is 24.4 Å². The van der Waals surface area contributed by atoms with E-state index in [1.807, 2.05) is 25.1 Å². The molecule has 3 N–H and O–H groups in total. The molecule has 1 aliphatic heterocycles. The van der Waals surface area contributed by atoms with Crippen molar-refractivity contribution < 1.29 is 4.79 Å². The summed E-state index contributed by atoms with van der Waals surface area (Å²) < 4.78 is 0. The van der Waals surface area contributed by atoms with Gasteiger partial charge in [0, 0.05) is 38.3 Å². The number of para-hydroxylation sites is 1. The van der Waals surface area contributed by atoms with Crippen molar-refractivity contribution in [2.45, 2.75) is 40.5 Å². The number of piperazine rings is 1. The molecule has 0 atom stereocenters. The van der Waals surface area contributed by atoms with E-state index >= 15 is 0 Å². The second kappa shape index (κ2) is 10.9. The number of hydrogen-bond donors (Lipinski definition) is 3. The van der Waals surface area contributed by atoms with Crippen LogP contribution < -0.4 is 20.9 Å². The van der Waals surface area contributed by atoms with Crippen LogP contribution in [-0.2, 0) is 12.8 Å². The molecule has 1 fully saturated rings. The minimum Gasteiger partial charge on any atom is -0.338 e. The molecule has 1 aliphatic rings. The number of aromatic nitrogens is 4. The van der Waals surface area contributed by atoms with Crippen molar-refractivity contribution in [1.29, 1.82) is 0 Å². The molecule has 0 aliphatic carbocycles. The van der Waals surface area contributed by atoms with Crippen LogP contribution >= 0.6 is 11.3 Å². The van der Waals surface area contributed by atoms with Crippen LogP contribution in [0.4, 0.5) is 22.7 Å². The second-order valence-corrected chi connectivity index (χ2v) is 9.81. The van der Waals surface area contributed by atoms with Crippen molar-refractivity contribution in [2.75, 3.05) is 41.7 Å². The third kappa shape index (κ3) is 5.87. The molecule has 1 aromatic carbocycles. The summed E-state index contributed by atoms with van der Waals surface area (Å²) in [5.41, 5.74) is 3.02. The number of benzene rings is 1. The van der Waals surface area contributed by atoms with E-state index in [1.54, 1.807) is 6.20 Å². The highest BCUT2D eigenvalue weighted by molar-refractivity contribution is 7.17. The second-order valence-electron chi connectivity index (χ2n) is 8.78. The molecule has 2 aromatic heterocycles. The largest absolute Gasteiger partial charge is 0.338 e. The zero-order chi connectivity index (χ0) is 24.1. The standard InChI is InChI=1S/C24H32N8OS/c1-5-17-8-6-7-16(4)20(17)29-21(33)18-14-26-24(34-18)31-22-27-19(13-15(2)3)28-23(30-22)32-11-9-25-10-12-32/h6-8,14-15,25H,5,9-13H2,1-4H3,(H,29,33)(H,26,27,28,30,31). The summed E-state index contributed by atoms with van der Waals surface area (Å²) in [6.45, 7) is 11.9. The van der Waals surface area contributed by atoms with E-state index in [1.165, 1.54) is 11.3 Å². The van der Waals surface area contributed by atoms with Crippen LogP contribution in [0.3, 0.4) is 0 Å². The quantitative estimate of drug-likeness (QED) is 0.447. The van der Waals surface area contributed by atoms with E-state index in [4.69, 9.17) is 4.98 Å². The summed E-state index contributed by atoms with van der Waals surface area (Å²) in [6.07, 6.45) is 3.19. The summed E-state index contributed by atoms with van der Waals surface area (Å²) in [5, 5.41) is 10.2. The van der Waals surface area contributed by atoms with E-state index in [2.05, 4.69) is 56.6 Å². The van der Waals surface area contributed by atoms with Gasteiger partial charge in [-0.15, -0.1) is 0 Å². The Kier molecular flexibility index (Phi) is 7.69. The molecule has 10 heteroatoms. The van der Waals surface area contributed by atoms with Crippen LogP contribution in [0.1, 0.15) is 47.4 Å². The highest BCUT2D eigenvalue weighted by atomic mass is 32.1. The average Bonchev–Trinajstić information content (AvgIpc) is 3.29. The molecule has 0 unspecified atom stereocenters. The summed E-state index contributed by atoms with van der Waals surface area (Å²) in [4.78, 5) is 34.0. The van der Waals surface area contributed by atoms with Crippen LogP contribution in [0, 0.1) is 12.8 Å². The van der Waals surface area contributed by atoms with E-state index in [0.29, 0.717) is 27.8 Å². The van der Waals surface area contributed by atoms with Crippen molar-refractivity contribution >= 4 is 40.0 Å². The number of nitrogens with zero attached hydrogens (tertiary/aromatic N) is 5. The van der Waals surface area contributed by atoms with E-state index in [9.17, 15) is 4.79 Å². The number of nitrogens with one attached hydrogen (secondary N) is 3. The van der Waals surface area contributed by atoms with Crippen LogP contribution in [0.5, 0.6) is 0 Å². The topological polar surface area (TPSA) is 108 Å². The fourth-order valence-corrected chi connectivity index (χ4v) is 4.54. The lowest BCUT2D eigenvalue weighted by molar-refractivity contribution is 0.103. The number of thiazole rings is 1. The van der Waals surface area contributed by atoms with Gasteiger partial charge in [-0.2, -0.15) is 15.0 Å². The third-order valence-corrected chi connectivity index (χ3v) is 6.50. The Balaban J connectivity index is 1.52. The first kappa shape index (κ1) is 24.0. The van der Waals surface area contributed by atoms with Crippen LogP contribution in [0.25, 0.3) is 0 Å². The number of amides is 1. The van der Waals surface area contributed by atoms with Gasteiger partial charge < -0.3 is 15.5 Å². The Morgan fingerprint density at radius 1 is 1.21 bits per heavy atom. The van der Waals surface area contributed by atoms with Gasteiger partial charge in [-0.05, 0) is 30.4 Å². The lowest BCUT2D eigenvalue weighted by Crippen LogP contribution is -2.44. The van der Waals surface area contributed by atoms with Gasteiger partial charge in [-0.25, -0.2) is 4.98 Å². The van der Waals surface area contributed by atoms with Gasteiger partial charge >= 0.3 is 0 Å². The normalized spacial score (nSPS) is 13.9. The molecule has 3 heterocycles. The summed E-state index contributed by atoms with van der Waals surface area (Å²) in [5.74, 6) is 2.13. The Morgan fingerprint density at radius 3 is 2.74 bits per heavy atom. The first-order chi connectivity index (χ1) is 16.4. The van der Waals surface area contributed by atoms with E-state index < -0.39 is 0 Å². The molecule has 0 saturated carbocycles. The molecule has 1 amide bonds. The number of carbonyl (C=O) groups is 1. The third-order valence-electron chi connectivity index (χ3n) is 5.59. The monoisotopic (exact) mass is 480 g/mol. The van der Waals surface area contributed by atoms with Gasteiger partial charge in [0.15, 0.2) is 5.13 Å². The molecular weight excluding hydrogens is 448 g/mol.